The summed E-state index contributed by atoms with van der Waals surface area (Å²) in [6.07, 6.45) is -2.85. The number of thiocarbonyl (C=S) groups is 1. The highest BCUT2D eigenvalue weighted by atomic mass is 32.2. The lowest BCUT2D eigenvalue weighted by Gasteiger charge is -2.16. The van der Waals surface area contributed by atoms with E-state index in [1.54, 1.807) is 19.3 Å². The van der Waals surface area contributed by atoms with Crippen molar-refractivity contribution < 1.29 is 22.7 Å². The number of thioether (sulfide) groups is 1. The predicted molar refractivity (Wildman–Crippen MR) is 105 cm³/mol. The molecule has 1 aliphatic heterocycles. The van der Waals surface area contributed by atoms with Gasteiger partial charge in [0.25, 0.3) is 5.91 Å². The molecule has 0 radical (unpaired) electrons. The summed E-state index contributed by atoms with van der Waals surface area (Å²) in [5, 5.41) is 0. The zero-order valence-electron chi connectivity index (χ0n) is 14.3. The van der Waals surface area contributed by atoms with Crippen LogP contribution < -0.4 is 9.64 Å². The van der Waals surface area contributed by atoms with Crippen molar-refractivity contribution in [2.24, 2.45) is 0 Å². The van der Waals surface area contributed by atoms with Gasteiger partial charge < -0.3 is 4.74 Å². The maximum Gasteiger partial charge on any atom is 0.416 e. The fourth-order valence-electron chi connectivity index (χ4n) is 2.59. The molecule has 0 spiro atoms. The Morgan fingerprint density at radius 3 is 2.59 bits per heavy atom. The van der Waals surface area contributed by atoms with Crippen LogP contribution in [0, 0.1) is 6.92 Å². The largest absolute Gasteiger partial charge is 0.496 e. The molecule has 1 heterocycles. The van der Waals surface area contributed by atoms with Crippen molar-refractivity contribution in [3.8, 4) is 5.75 Å². The first-order chi connectivity index (χ1) is 12.7. The minimum atomic E-state index is -4.50. The monoisotopic (exact) mass is 409 g/mol. The van der Waals surface area contributed by atoms with Crippen molar-refractivity contribution in [3.63, 3.8) is 0 Å². The molecule has 0 saturated carbocycles. The smallest absolute Gasteiger partial charge is 0.416 e. The van der Waals surface area contributed by atoms with Gasteiger partial charge in [-0.05, 0) is 48.4 Å². The lowest BCUT2D eigenvalue weighted by molar-refractivity contribution is -0.137. The zero-order chi connectivity index (χ0) is 19.8. The van der Waals surface area contributed by atoms with E-state index in [0.717, 1.165) is 39.9 Å². The van der Waals surface area contributed by atoms with E-state index in [0.29, 0.717) is 10.7 Å². The van der Waals surface area contributed by atoms with Gasteiger partial charge in [0.05, 0.1) is 23.3 Å². The van der Waals surface area contributed by atoms with E-state index in [-0.39, 0.29) is 10.0 Å². The molecule has 3 rings (SSSR count). The second-order valence-corrected chi connectivity index (χ2v) is 7.47. The van der Waals surface area contributed by atoms with Gasteiger partial charge in [-0.15, -0.1) is 0 Å². The van der Waals surface area contributed by atoms with Crippen LogP contribution in [0.15, 0.2) is 47.4 Å². The maximum atomic E-state index is 13.0. The normalized spacial score (nSPS) is 16.3. The third-order valence-electron chi connectivity index (χ3n) is 3.96. The van der Waals surface area contributed by atoms with E-state index in [9.17, 15) is 18.0 Å². The van der Waals surface area contributed by atoms with Crippen LogP contribution in [0.1, 0.15) is 16.7 Å². The number of nitrogens with zero attached hydrogens (tertiary/aromatic N) is 1. The molecule has 1 fully saturated rings. The molecule has 140 valence electrons. The molecule has 8 heteroatoms. The summed E-state index contributed by atoms with van der Waals surface area (Å²) in [4.78, 5) is 14.2. The SMILES string of the molecule is COc1cc(/C=C2\SC(=S)N(c3cccc(C(F)(F)F)c3)C2=O)ccc1C. The molecule has 2 aromatic carbocycles. The second-order valence-electron chi connectivity index (χ2n) is 5.79. The van der Waals surface area contributed by atoms with Crippen LogP contribution in [0.4, 0.5) is 18.9 Å². The highest BCUT2D eigenvalue weighted by Gasteiger charge is 2.36. The van der Waals surface area contributed by atoms with Crippen LogP contribution in [0.3, 0.4) is 0 Å². The third-order valence-corrected chi connectivity index (χ3v) is 5.26. The number of amides is 1. The summed E-state index contributed by atoms with van der Waals surface area (Å²) in [6, 6.07) is 10.0. The van der Waals surface area contributed by atoms with Gasteiger partial charge in [-0.3, -0.25) is 9.69 Å². The van der Waals surface area contributed by atoms with Gasteiger partial charge in [0.2, 0.25) is 0 Å². The number of halogens is 3. The Labute approximate surface area is 163 Å². The molecule has 0 aliphatic carbocycles. The Morgan fingerprint density at radius 1 is 1.19 bits per heavy atom. The van der Waals surface area contributed by atoms with E-state index in [4.69, 9.17) is 17.0 Å². The minimum Gasteiger partial charge on any atom is -0.496 e. The van der Waals surface area contributed by atoms with E-state index < -0.39 is 17.6 Å². The van der Waals surface area contributed by atoms with Gasteiger partial charge in [0, 0.05) is 0 Å². The lowest BCUT2D eigenvalue weighted by Crippen LogP contribution is -2.27. The number of alkyl halides is 3. The van der Waals surface area contributed by atoms with Gasteiger partial charge in [-0.1, -0.05) is 42.2 Å². The van der Waals surface area contributed by atoms with E-state index in [1.165, 1.54) is 12.1 Å². The Balaban J connectivity index is 1.94. The third kappa shape index (κ3) is 4.01. The van der Waals surface area contributed by atoms with Gasteiger partial charge in [0.1, 0.15) is 5.75 Å². The molecule has 0 unspecified atom stereocenters. The molecule has 0 aromatic heterocycles. The van der Waals surface area contributed by atoms with Crippen molar-refractivity contribution in [2.75, 3.05) is 12.0 Å². The topological polar surface area (TPSA) is 29.5 Å². The van der Waals surface area contributed by atoms with E-state index in [1.807, 2.05) is 19.1 Å². The quantitative estimate of drug-likeness (QED) is 0.500. The van der Waals surface area contributed by atoms with Crippen LogP contribution in [0.25, 0.3) is 6.08 Å². The summed E-state index contributed by atoms with van der Waals surface area (Å²) >= 11 is 6.27. The molecule has 1 aliphatic rings. The molecule has 0 bridgehead atoms. The Morgan fingerprint density at radius 2 is 1.93 bits per heavy atom. The van der Waals surface area contributed by atoms with Crippen molar-refractivity contribution in [2.45, 2.75) is 13.1 Å². The number of hydrogen-bond donors (Lipinski definition) is 0. The summed E-state index contributed by atoms with van der Waals surface area (Å²) in [5.74, 6) is 0.223. The summed E-state index contributed by atoms with van der Waals surface area (Å²) in [5.41, 5.74) is 0.951. The number of rotatable bonds is 3. The number of carbonyl (C=O) groups is 1. The Hall–Kier alpha value is -2.32. The number of methoxy groups -OCH3 is 1. The van der Waals surface area contributed by atoms with Gasteiger partial charge in [0.15, 0.2) is 4.32 Å². The highest BCUT2D eigenvalue weighted by molar-refractivity contribution is 8.27. The first kappa shape index (κ1) is 19.4. The molecular weight excluding hydrogens is 395 g/mol. The molecule has 27 heavy (non-hydrogen) atoms. The van der Waals surface area contributed by atoms with Crippen molar-refractivity contribution in [1.29, 1.82) is 0 Å². The fraction of sp³-hybridized carbons (Fsp3) is 0.158. The van der Waals surface area contributed by atoms with Crippen LogP contribution in [-0.4, -0.2) is 17.3 Å². The molecule has 1 amide bonds. The molecule has 0 atom stereocenters. The van der Waals surface area contributed by atoms with E-state index in [2.05, 4.69) is 0 Å². The predicted octanol–water partition coefficient (Wildman–Crippen LogP) is 5.43. The number of carbonyl (C=O) groups excluding carboxylic acids is 1. The lowest BCUT2D eigenvalue weighted by atomic mass is 10.1. The summed E-state index contributed by atoms with van der Waals surface area (Å²) in [7, 11) is 1.55. The Kier molecular flexibility index (Phi) is 5.30. The molecular formula is C19H14F3NO2S2. The number of aryl methyl sites for hydroxylation is 1. The molecule has 1 saturated heterocycles. The minimum absolute atomic E-state index is 0.0946. The summed E-state index contributed by atoms with van der Waals surface area (Å²) in [6.45, 7) is 1.90. The van der Waals surface area contributed by atoms with Crippen LogP contribution in [0.5, 0.6) is 5.75 Å². The molecule has 3 nitrogen and oxygen atoms in total. The van der Waals surface area contributed by atoms with Crippen LogP contribution in [-0.2, 0) is 11.0 Å². The fourth-order valence-corrected chi connectivity index (χ4v) is 3.89. The van der Waals surface area contributed by atoms with Crippen LogP contribution >= 0.6 is 24.0 Å². The average Bonchev–Trinajstić information content (AvgIpc) is 2.89. The molecule has 0 N–H and O–H groups in total. The van der Waals surface area contributed by atoms with Crippen molar-refractivity contribution >= 4 is 46.0 Å². The number of hydrogen-bond acceptors (Lipinski definition) is 4. The number of benzene rings is 2. The van der Waals surface area contributed by atoms with Gasteiger partial charge in [-0.2, -0.15) is 13.2 Å². The van der Waals surface area contributed by atoms with Crippen molar-refractivity contribution in [3.05, 3.63) is 64.1 Å². The van der Waals surface area contributed by atoms with Gasteiger partial charge >= 0.3 is 6.18 Å². The average molecular weight is 409 g/mol. The molecule has 2 aromatic rings. The summed E-state index contributed by atoms with van der Waals surface area (Å²) < 4.78 is 44.3. The first-order valence-electron chi connectivity index (χ1n) is 7.80. The first-order valence-corrected chi connectivity index (χ1v) is 9.03. The van der Waals surface area contributed by atoms with Crippen molar-refractivity contribution in [1.82, 2.24) is 0 Å². The highest BCUT2D eigenvalue weighted by Crippen LogP contribution is 2.38. The van der Waals surface area contributed by atoms with Gasteiger partial charge in [-0.25, -0.2) is 0 Å². The Bertz CT molecular complexity index is 954. The number of anilines is 1. The second kappa shape index (κ2) is 7.36. The standard InChI is InChI=1S/C19H14F3NO2S2/c1-11-6-7-12(8-15(11)25-2)9-16-17(24)23(18(26)27-16)14-5-3-4-13(10-14)19(20,21)22/h3-10H,1-2H3/b16-9-. The van der Waals surface area contributed by atoms with E-state index >= 15 is 0 Å². The zero-order valence-corrected chi connectivity index (χ0v) is 16.0. The number of ether oxygens (including phenoxy) is 1. The van der Waals surface area contributed by atoms with Crippen LogP contribution in [0.2, 0.25) is 0 Å². The maximum absolute atomic E-state index is 13.0.